The highest BCUT2D eigenvalue weighted by molar-refractivity contribution is 7.90. The molecule has 0 radical (unpaired) electrons. The second-order valence-corrected chi connectivity index (χ2v) is 6.03. The summed E-state index contributed by atoms with van der Waals surface area (Å²) < 4.78 is 22.5. The lowest BCUT2D eigenvalue weighted by Gasteiger charge is -1.99. The van der Waals surface area contributed by atoms with Crippen molar-refractivity contribution in [2.75, 3.05) is 12.8 Å². The average Bonchev–Trinajstić information content (AvgIpc) is 2.27. The molecule has 0 aliphatic rings. The van der Waals surface area contributed by atoms with Crippen LogP contribution in [0.15, 0.2) is 35.2 Å². The van der Waals surface area contributed by atoms with Gasteiger partial charge in [0, 0.05) is 19.7 Å². The van der Waals surface area contributed by atoms with Crippen LogP contribution >= 0.6 is 0 Å². The van der Waals surface area contributed by atoms with Gasteiger partial charge in [-0.1, -0.05) is 24.3 Å². The second kappa shape index (κ2) is 6.35. The molecule has 1 aromatic carbocycles. The summed E-state index contributed by atoms with van der Waals surface area (Å²) in [5.41, 5.74) is 0.935. The number of hydrogen-bond acceptors (Lipinski definition) is 3. The molecule has 1 N–H and O–H groups in total. The highest BCUT2D eigenvalue weighted by Gasteiger charge is 2.04. The molecule has 0 saturated heterocycles. The normalized spacial score (nSPS) is 11.7. The third-order valence-electron chi connectivity index (χ3n) is 2.30. The first kappa shape index (κ1) is 14.4. The van der Waals surface area contributed by atoms with Crippen molar-refractivity contribution < 1.29 is 13.2 Å². The maximum atomic E-state index is 11.2. The molecule has 0 saturated carbocycles. The van der Waals surface area contributed by atoms with E-state index in [1.165, 1.54) is 13.2 Å². The third kappa shape index (κ3) is 5.14. The van der Waals surface area contributed by atoms with Crippen molar-refractivity contribution in [1.82, 2.24) is 5.32 Å². The highest BCUT2D eigenvalue weighted by Crippen LogP contribution is 2.11. The van der Waals surface area contributed by atoms with Gasteiger partial charge in [-0.25, -0.2) is 8.42 Å². The van der Waals surface area contributed by atoms with E-state index in [-0.39, 0.29) is 5.91 Å². The molecular formula is C13H17NO3S. The van der Waals surface area contributed by atoms with Crippen LogP contribution in [0.2, 0.25) is 0 Å². The molecule has 0 unspecified atom stereocenters. The van der Waals surface area contributed by atoms with E-state index in [4.69, 9.17) is 0 Å². The molecule has 5 heteroatoms. The van der Waals surface area contributed by atoms with Gasteiger partial charge in [0.25, 0.3) is 0 Å². The molecule has 4 nitrogen and oxygen atoms in total. The lowest BCUT2D eigenvalue weighted by atomic mass is 10.2. The van der Waals surface area contributed by atoms with Gasteiger partial charge in [0.2, 0.25) is 5.91 Å². The Morgan fingerprint density at radius 3 is 2.39 bits per heavy atom. The Hall–Kier alpha value is -1.62. The van der Waals surface area contributed by atoms with E-state index in [0.717, 1.165) is 12.0 Å². The van der Waals surface area contributed by atoms with E-state index in [9.17, 15) is 13.2 Å². The Labute approximate surface area is 108 Å². The fraction of sp³-hybridized carbons (Fsp3) is 0.308. The molecule has 1 aromatic rings. The Bertz CT molecular complexity index is 530. The van der Waals surface area contributed by atoms with Crippen LogP contribution in [-0.4, -0.2) is 27.1 Å². The first-order chi connectivity index (χ1) is 8.39. The summed E-state index contributed by atoms with van der Waals surface area (Å²) in [5, 5.41) is 2.69. The molecule has 18 heavy (non-hydrogen) atoms. The lowest BCUT2D eigenvalue weighted by Crippen LogP contribution is -2.20. The zero-order chi connectivity index (χ0) is 13.6. The molecule has 1 rings (SSSR count). The van der Waals surface area contributed by atoms with Crippen LogP contribution in [0, 0.1) is 0 Å². The van der Waals surface area contributed by atoms with E-state index < -0.39 is 9.84 Å². The van der Waals surface area contributed by atoms with Crippen LogP contribution in [0.1, 0.15) is 18.9 Å². The standard InChI is InChI=1S/C13H17NO3S/c1-11(15)14-10-4-3-5-12-6-8-13(9-7-12)18(2,16)17/h3,5-9H,4,10H2,1-2H3,(H,14,15). The minimum Gasteiger partial charge on any atom is -0.356 e. The average molecular weight is 267 g/mol. The Balaban J connectivity index is 2.54. The molecular weight excluding hydrogens is 250 g/mol. The van der Waals surface area contributed by atoms with E-state index in [1.807, 2.05) is 12.2 Å². The first-order valence-corrected chi connectivity index (χ1v) is 7.50. The van der Waals surface area contributed by atoms with E-state index in [2.05, 4.69) is 5.32 Å². The maximum Gasteiger partial charge on any atom is 0.216 e. The van der Waals surface area contributed by atoms with Crippen molar-refractivity contribution in [1.29, 1.82) is 0 Å². The summed E-state index contributed by atoms with van der Waals surface area (Å²) >= 11 is 0. The van der Waals surface area contributed by atoms with E-state index in [0.29, 0.717) is 11.4 Å². The molecule has 0 spiro atoms. The number of benzene rings is 1. The van der Waals surface area contributed by atoms with Gasteiger partial charge in [-0.15, -0.1) is 0 Å². The number of hydrogen-bond donors (Lipinski definition) is 1. The fourth-order valence-corrected chi connectivity index (χ4v) is 2.01. The van der Waals surface area contributed by atoms with Crippen molar-refractivity contribution >= 4 is 21.8 Å². The first-order valence-electron chi connectivity index (χ1n) is 5.61. The summed E-state index contributed by atoms with van der Waals surface area (Å²) in [6.45, 7) is 2.08. The summed E-state index contributed by atoms with van der Waals surface area (Å²) in [7, 11) is -3.13. The Kier molecular flexibility index (Phi) is 5.09. The number of rotatable bonds is 5. The zero-order valence-corrected chi connectivity index (χ0v) is 11.3. The highest BCUT2D eigenvalue weighted by atomic mass is 32.2. The summed E-state index contributed by atoms with van der Waals surface area (Å²) in [6.07, 6.45) is 5.76. The predicted octanol–water partition coefficient (Wildman–Crippen LogP) is 1.63. The fourth-order valence-electron chi connectivity index (χ4n) is 1.38. The molecule has 0 fully saturated rings. The van der Waals surface area contributed by atoms with Gasteiger partial charge < -0.3 is 5.32 Å². The van der Waals surface area contributed by atoms with Gasteiger partial charge >= 0.3 is 0 Å². The topological polar surface area (TPSA) is 63.2 Å². The predicted molar refractivity (Wildman–Crippen MR) is 71.9 cm³/mol. The Morgan fingerprint density at radius 1 is 1.28 bits per heavy atom. The largest absolute Gasteiger partial charge is 0.356 e. The number of amides is 1. The number of carbonyl (C=O) groups is 1. The number of carbonyl (C=O) groups excluding carboxylic acids is 1. The molecule has 98 valence electrons. The summed E-state index contributed by atoms with van der Waals surface area (Å²) in [6, 6.07) is 6.68. The van der Waals surface area contributed by atoms with Crippen LogP contribution in [-0.2, 0) is 14.6 Å². The summed E-state index contributed by atoms with van der Waals surface area (Å²) in [4.78, 5) is 10.9. The van der Waals surface area contributed by atoms with Gasteiger partial charge in [-0.3, -0.25) is 4.79 Å². The van der Waals surface area contributed by atoms with Crippen LogP contribution in [0.3, 0.4) is 0 Å². The SMILES string of the molecule is CC(=O)NCCC=Cc1ccc(S(C)(=O)=O)cc1. The van der Waals surface area contributed by atoms with Gasteiger partial charge in [0.15, 0.2) is 9.84 Å². The summed E-state index contributed by atoms with van der Waals surface area (Å²) in [5.74, 6) is -0.0408. The lowest BCUT2D eigenvalue weighted by molar-refractivity contribution is -0.118. The van der Waals surface area contributed by atoms with Gasteiger partial charge in [-0.2, -0.15) is 0 Å². The van der Waals surface area contributed by atoms with Crippen LogP contribution in [0.4, 0.5) is 0 Å². The van der Waals surface area contributed by atoms with Crippen molar-refractivity contribution in [3.05, 3.63) is 35.9 Å². The monoisotopic (exact) mass is 267 g/mol. The van der Waals surface area contributed by atoms with Gasteiger partial charge in [0.1, 0.15) is 0 Å². The van der Waals surface area contributed by atoms with Crippen molar-refractivity contribution in [3.8, 4) is 0 Å². The van der Waals surface area contributed by atoms with Crippen LogP contribution < -0.4 is 5.32 Å². The molecule has 1 amide bonds. The minimum atomic E-state index is -3.13. The van der Waals surface area contributed by atoms with Crippen molar-refractivity contribution in [2.24, 2.45) is 0 Å². The molecule has 0 aliphatic carbocycles. The zero-order valence-electron chi connectivity index (χ0n) is 10.5. The second-order valence-electron chi connectivity index (χ2n) is 4.02. The minimum absolute atomic E-state index is 0.0408. The van der Waals surface area contributed by atoms with Gasteiger partial charge in [0.05, 0.1) is 4.90 Å². The molecule has 0 heterocycles. The quantitative estimate of drug-likeness (QED) is 0.825. The molecule has 0 aliphatic heterocycles. The number of sulfone groups is 1. The van der Waals surface area contributed by atoms with Crippen molar-refractivity contribution in [2.45, 2.75) is 18.2 Å². The molecule has 0 bridgehead atoms. The van der Waals surface area contributed by atoms with Gasteiger partial charge in [-0.05, 0) is 24.1 Å². The van der Waals surface area contributed by atoms with E-state index in [1.54, 1.807) is 24.3 Å². The number of nitrogens with one attached hydrogen (secondary N) is 1. The van der Waals surface area contributed by atoms with Crippen molar-refractivity contribution in [3.63, 3.8) is 0 Å². The maximum absolute atomic E-state index is 11.2. The Morgan fingerprint density at radius 2 is 1.89 bits per heavy atom. The van der Waals surface area contributed by atoms with Crippen LogP contribution in [0.25, 0.3) is 6.08 Å². The molecule has 0 aromatic heterocycles. The van der Waals surface area contributed by atoms with Crippen LogP contribution in [0.5, 0.6) is 0 Å². The van der Waals surface area contributed by atoms with E-state index >= 15 is 0 Å². The molecule has 0 atom stereocenters. The smallest absolute Gasteiger partial charge is 0.216 e. The third-order valence-corrected chi connectivity index (χ3v) is 3.43.